The Hall–Kier alpha value is -4.24. The summed E-state index contributed by atoms with van der Waals surface area (Å²) < 4.78 is 1.74. The second-order valence-electron chi connectivity index (χ2n) is 7.56. The normalized spacial score (nSPS) is 14.9. The topological polar surface area (TPSA) is 60.9 Å². The Balaban J connectivity index is 1.32. The first-order valence-corrected chi connectivity index (χ1v) is 10.3. The van der Waals surface area contributed by atoms with Crippen LogP contribution in [0.5, 0.6) is 0 Å². The molecule has 0 N–H and O–H groups in total. The molecule has 3 aromatic heterocycles. The fourth-order valence-corrected chi connectivity index (χ4v) is 4.10. The van der Waals surface area contributed by atoms with Crippen molar-refractivity contribution in [1.29, 1.82) is 0 Å². The third-order valence-electron chi connectivity index (χ3n) is 5.61. The van der Waals surface area contributed by atoms with E-state index in [0.717, 1.165) is 46.8 Å². The van der Waals surface area contributed by atoms with E-state index in [1.165, 1.54) is 5.56 Å². The van der Waals surface area contributed by atoms with Crippen molar-refractivity contribution in [3.05, 3.63) is 107 Å². The van der Waals surface area contributed by atoms with E-state index >= 15 is 0 Å². The lowest BCUT2D eigenvalue weighted by atomic mass is 9.97. The maximum atomic E-state index is 4.84. The molecular weight excluding hydrogens is 384 g/mol. The molecule has 1 aliphatic carbocycles. The predicted octanol–water partition coefficient (Wildman–Crippen LogP) is 3.79. The van der Waals surface area contributed by atoms with Crippen molar-refractivity contribution in [2.45, 2.75) is 18.8 Å². The summed E-state index contributed by atoms with van der Waals surface area (Å²) in [6.45, 7) is 0. The first kappa shape index (κ1) is 17.6. The number of hydrogen-bond donors (Lipinski definition) is 0. The molecule has 1 unspecified atom stereocenters. The zero-order valence-corrected chi connectivity index (χ0v) is 16.7. The number of rotatable bonds is 2. The Labute approximate surface area is 179 Å². The lowest BCUT2D eigenvalue weighted by molar-refractivity contribution is 0.671. The summed E-state index contributed by atoms with van der Waals surface area (Å²) in [6.07, 6.45) is 5.48. The van der Waals surface area contributed by atoms with E-state index in [1.54, 1.807) is 21.7 Å². The van der Waals surface area contributed by atoms with Crippen LogP contribution in [0.4, 0.5) is 0 Å². The van der Waals surface area contributed by atoms with E-state index in [2.05, 4.69) is 46.2 Å². The van der Waals surface area contributed by atoms with Crippen LogP contribution in [0.15, 0.2) is 79.1 Å². The van der Waals surface area contributed by atoms with Gasteiger partial charge < -0.3 is 0 Å². The molecule has 148 valence electrons. The number of aromatic nitrogens is 6. The first-order chi connectivity index (χ1) is 15.3. The fraction of sp³-hybridized carbons (Fsp3) is 0.120. The van der Waals surface area contributed by atoms with Gasteiger partial charge in [0.05, 0.1) is 23.3 Å². The molecule has 3 heterocycles. The Bertz CT molecular complexity index is 1450. The van der Waals surface area contributed by atoms with Gasteiger partial charge in [-0.05, 0) is 54.7 Å². The maximum Gasteiger partial charge on any atom is 0.154 e. The van der Waals surface area contributed by atoms with E-state index in [4.69, 9.17) is 10.2 Å². The van der Waals surface area contributed by atoms with Crippen molar-refractivity contribution < 1.29 is 0 Å². The summed E-state index contributed by atoms with van der Waals surface area (Å²) in [5.74, 6) is 6.70. The largest absolute Gasteiger partial charge is 0.234 e. The lowest BCUT2D eigenvalue weighted by Crippen LogP contribution is -2.03. The molecule has 1 aliphatic rings. The van der Waals surface area contributed by atoms with Gasteiger partial charge in [0.15, 0.2) is 5.65 Å². The van der Waals surface area contributed by atoms with Gasteiger partial charge in [-0.1, -0.05) is 42.3 Å². The second kappa shape index (κ2) is 7.22. The zero-order valence-electron chi connectivity index (χ0n) is 16.7. The van der Waals surface area contributed by atoms with Gasteiger partial charge in [0, 0.05) is 17.7 Å². The fourth-order valence-electron chi connectivity index (χ4n) is 4.10. The molecule has 6 heteroatoms. The molecule has 0 bridgehead atoms. The Morgan fingerprint density at radius 2 is 1.84 bits per heavy atom. The van der Waals surface area contributed by atoms with Crippen LogP contribution in [0.1, 0.15) is 40.5 Å². The van der Waals surface area contributed by atoms with Gasteiger partial charge >= 0.3 is 0 Å². The number of hydrogen-bond acceptors (Lipinski definition) is 4. The van der Waals surface area contributed by atoms with Gasteiger partial charge in [0.25, 0.3) is 0 Å². The minimum Gasteiger partial charge on any atom is -0.234 e. The third-order valence-corrected chi connectivity index (χ3v) is 5.61. The monoisotopic (exact) mass is 402 g/mol. The maximum absolute atomic E-state index is 4.84. The molecule has 0 fully saturated rings. The number of benzene rings is 2. The molecule has 1 atom stereocenters. The Kier molecular flexibility index (Phi) is 4.10. The molecule has 0 spiro atoms. The van der Waals surface area contributed by atoms with Gasteiger partial charge in [-0.2, -0.15) is 20.1 Å². The van der Waals surface area contributed by atoms with Crippen molar-refractivity contribution in [3.8, 4) is 17.5 Å². The van der Waals surface area contributed by atoms with Crippen LogP contribution in [0, 0.1) is 11.8 Å². The Morgan fingerprint density at radius 1 is 0.903 bits per heavy atom. The second-order valence-corrected chi connectivity index (χ2v) is 7.56. The first-order valence-electron chi connectivity index (χ1n) is 10.3. The molecule has 6 rings (SSSR count). The van der Waals surface area contributed by atoms with Crippen LogP contribution >= 0.6 is 0 Å². The molecule has 0 aliphatic heterocycles. The number of imidazole rings is 1. The summed E-state index contributed by atoms with van der Waals surface area (Å²) in [7, 11) is 0. The van der Waals surface area contributed by atoms with Crippen LogP contribution < -0.4 is 0 Å². The molecular formula is C25H18N6. The molecule has 0 radical (unpaired) electrons. The van der Waals surface area contributed by atoms with Crippen LogP contribution in [0.25, 0.3) is 11.3 Å². The van der Waals surface area contributed by atoms with Gasteiger partial charge in [0.1, 0.15) is 5.69 Å². The van der Waals surface area contributed by atoms with E-state index in [-0.39, 0.29) is 0 Å². The number of aryl methyl sites for hydroxylation is 1. The average Bonchev–Trinajstić information content (AvgIpc) is 3.53. The van der Waals surface area contributed by atoms with Crippen molar-refractivity contribution in [2.24, 2.45) is 0 Å². The van der Waals surface area contributed by atoms with E-state index in [1.807, 2.05) is 42.5 Å². The average molecular weight is 402 g/mol. The van der Waals surface area contributed by atoms with Crippen LogP contribution in [0.2, 0.25) is 0 Å². The van der Waals surface area contributed by atoms with Crippen molar-refractivity contribution in [2.75, 3.05) is 0 Å². The lowest BCUT2D eigenvalue weighted by Gasteiger charge is -2.09. The van der Waals surface area contributed by atoms with Crippen molar-refractivity contribution in [1.82, 2.24) is 29.6 Å². The summed E-state index contributed by atoms with van der Waals surface area (Å²) in [5, 5.41) is 13.9. The highest BCUT2D eigenvalue weighted by molar-refractivity contribution is 5.48. The summed E-state index contributed by atoms with van der Waals surface area (Å²) in [5.41, 5.74) is 6.80. The molecule has 0 saturated heterocycles. The summed E-state index contributed by atoms with van der Waals surface area (Å²) in [4.78, 5) is 6.07. The van der Waals surface area contributed by atoms with Gasteiger partial charge in [-0.3, -0.25) is 0 Å². The smallest absolute Gasteiger partial charge is 0.154 e. The summed E-state index contributed by atoms with van der Waals surface area (Å²) in [6, 6.07) is 22.3. The standard InChI is InChI=1S/C25H18N6/c1-2-7-19(8-3-1)22-13-14-23-25(22)29-31(28-23)20-9-4-6-18(16-20)11-12-21-17-26-24-10-5-15-27-30(21)24/h1-10,15-17,22H,13-14H2. The van der Waals surface area contributed by atoms with Crippen molar-refractivity contribution in [3.63, 3.8) is 0 Å². The molecule has 0 amide bonds. The quantitative estimate of drug-likeness (QED) is 0.422. The highest BCUT2D eigenvalue weighted by atomic mass is 15.5. The molecule has 5 aromatic rings. The van der Waals surface area contributed by atoms with Gasteiger partial charge in [-0.25, -0.2) is 9.50 Å². The van der Waals surface area contributed by atoms with Crippen LogP contribution in [0.3, 0.4) is 0 Å². The van der Waals surface area contributed by atoms with Gasteiger partial charge in [0.2, 0.25) is 0 Å². The zero-order chi connectivity index (χ0) is 20.6. The molecule has 6 nitrogen and oxygen atoms in total. The number of nitrogens with zero attached hydrogens (tertiary/aromatic N) is 6. The van der Waals surface area contributed by atoms with Crippen molar-refractivity contribution >= 4 is 5.65 Å². The highest BCUT2D eigenvalue weighted by Crippen LogP contribution is 2.36. The minimum absolute atomic E-state index is 0.315. The summed E-state index contributed by atoms with van der Waals surface area (Å²) >= 11 is 0. The number of fused-ring (bicyclic) bond motifs is 2. The van der Waals surface area contributed by atoms with E-state index in [9.17, 15) is 0 Å². The molecule has 31 heavy (non-hydrogen) atoms. The SMILES string of the molecule is C(#Cc1cnc2cccnn12)c1cccc(-n2nc3c(n2)C(c2ccccc2)CC3)c1. The predicted molar refractivity (Wildman–Crippen MR) is 117 cm³/mol. The van der Waals surface area contributed by atoms with Crippen LogP contribution in [-0.4, -0.2) is 29.6 Å². The third kappa shape index (κ3) is 3.17. The highest BCUT2D eigenvalue weighted by Gasteiger charge is 2.29. The molecule has 2 aromatic carbocycles. The van der Waals surface area contributed by atoms with Gasteiger partial charge in [-0.15, -0.1) is 0 Å². The van der Waals surface area contributed by atoms with Crippen LogP contribution in [-0.2, 0) is 6.42 Å². The molecule has 0 saturated carbocycles. The Morgan fingerprint density at radius 3 is 2.77 bits per heavy atom. The minimum atomic E-state index is 0.315. The van der Waals surface area contributed by atoms with E-state index in [0.29, 0.717) is 5.92 Å². The van der Waals surface area contributed by atoms with E-state index < -0.39 is 0 Å².